The number of aromatic nitrogens is 1. The van der Waals surface area contributed by atoms with Gasteiger partial charge in [0.1, 0.15) is 5.01 Å². The first-order valence-corrected chi connectivity index (χ1v) is 5.93. The van der Waals surface area contributed by atoms with E-state index in [0.717, 1.165) is 10.7 Å². The van der Waals surface area contributed by atoms with Crippen LogP contribution < -0.4 is 10.6 Å². The number of rotatable bonds is 5. The second-order valence-corrected chi connectivity index (χ2v) is 4.27. The molecule has 0 aliphatic carbocycles. The van der Waals surface area contributed by atoms with E-state index in [-0.39, 0.29) is 11.9 Å². The third-order valence-electron chi connectivity index (χ3n) is 1.95. The Morgan fingerprint density at radius 1 is 1.67 bits per heavy atom. The highest BCUT2D eigenvalue weighted by atomic mass is 32.1. The zero-order valence-corrected chi connectivity index (χ0v) is 10.1. The van der Waals surface area contributed by atoms with E-state index in [1.807, 2.05) is 26.2 Å². The number of thiazole rings is 1. The summed E-state index contributed by atoms with van der Waals surface area (Å²) in [4.78, 5) is 15.6. The molecule has 15 heavy (non-hydrogen) atoms. The van der Waals surface area contributed by atoms with Crippen molar-refractivity contribution in [2.24, 2.45) is 0 Å². The molecule has 1 heterocycles. The summed E-state index contributed by atoms with van der Waals surface area (Å²) in [6.07, 6.45) is 0. The molecular weight excluding hydrogens is 210 g/mol. The van der Waals surface area contributed by atoms with E-state index in [1.54, 1.807) is 11.3 Å². The van der Waals surface area contributed by atoms with Gasteiger partial charge in [0.15, 0.2) is 0 Å². The SMILES string of the molecule is CCNC(=O)CNC(C)c1nc(C)cs1. The minimum absolute atomic E-state index is 0.0256. The second kappa shape index (κ2) is 5.82. The van der Waals surface area contributed by atoms with E-state index in [2.05, 4.69) is 15.6 Å². The van der Waals surface area contributed by atoms with E-state index < -0.39 is 0 Å². The fourth-order valence-corrected chi connectivity index (χ4v) is 1.99. The quantitative estimate of drug-likeness (QED) is 0.795. The molecule has 1 amide bonds. The highest BCUT2D eigenvalue weighted by molar-refractivity contribution is 7.09. The first-order chi connectivity index (χ1) is 7.13. The average Bonchev–Trinajstić information content (AvgIpc) is 2.62. The van der Waals surface area contributed by atoms with E-state index in [1.165, 1.54) is 0 Å². The summed E-state index contributed by atoms with van der Waals surface area (Å²) in [5.41, 5.74) is 1.03. The molecule has 1 rings (SSSR count). The smallest absolute Gasteiger partial charge is 0.233 e. The van der Waals surface area contributed by atoms with Crippen LogP contribution in [-0.2, 0) is 4.79 Å². The molecule has 1 atom stereocenters. The number of amides is 1. The topological polar surface area (TPSA) is 54.0 Å². The van der Waals surface area contributed by atoms with Gasteiger partial charge in [-0.2, -0.15) is 0 Å². The van der Waals surface area contributed by atoms with Gasteiger partial charge in [-0.05, 0) is 20.8 Å². The molecule has 0 fully saturated rings. The summed E-state index contributed by atoms with van der Waals surface area (Å²) in [6.45, 7) is 6.90. The van der Waals surface area contributed by atoms with Crippen molar-refractivity contribution in [3.05, 3.63) is 16.1 Å². The van der Waals surface area contributed by atoms with Gasteiger partial charge in [0.25, 0.3) is 0 Å². The van der Waals surface area contributed by atoms with Crippen LogP contribution in [0.2, 0.25) is 0 Å². The first-order valence-electron chi connectivity index (χ1n) is 5.05. The number of carbonyl (C=O) groups excluding carboxylic acids is 1. The minimum atomic E-state index is 0.0256. The molecule has 0 saturated carbocycles. The van der Waals surface area contributed by atoms with Gasteiger partial charge in [-0.3, -0.25) is 10.1 Å². The van der Waals surface area contributed by atoms with Crippen molar-refractivity contribution in [1.29, 1.82) is 0 Å². The van der Waals surface area contributed by atoms with Crippen LogP contribution in [0.3, 0.4) is 0 Å². The lowest BCUT2D eigenvalue weighted by molar-refractivity contribution is -0.120. The highest BCUT2D eigenvalue weighted by Crippen LogP contribution is 2.16. The normalized spacial score (nSPS) is 12.5. The van der Waals surface area contributed by atoms with Crippen LogP contribution in [0.25, 0.3) is 0 Å². The Bertz CT molecular complexity index is 324. The van der Waals surface area contributed by atoms with Crippen molar-refractivity contribution in [1.82, 2.24) is 15.6 Å². The Morgan fingerprint density at radius 3 is 2.93 bits per heavy atom. The lowest BCUT2D eigenvalue weighted by Gasteiger charge is -2.10. The first kappa shape index (κ1) is 12.1. The predicted molar refractivity (Wildman–Crippen MR) is 62.0 cm³/mol. The summed E-state index contributed by atoms with van der Waals surface area (Å²) >= 11 is 1.62. The summed E-state index contributed by atoms with van der Waals surface area (Å²) in [7, 11) is 0. The molecule has 1 aromatic heterocycles. The zero-order chi connectivity index (χ0) is 11.3. The minimum Gasteiger partial charge on any atom is -0.355 e. The number of hydrogen-bond donors (Lipinski definition) is 2. The number of nitrogens with zero attached hydrogens (tertiary/aromatic N) is 1. The molecular formula is C10H17N3OS. The molecule has 4 nitrogen and oxygen atoms in total. The molecule has 1 aromatic rings. The van der Waals surface area contributed by atoms with Gasteiger partial charge in [-0.1, -0.05) is 0 Å². The maximum atomic E-state index is 11.2. The lowest BCUT2D eigenvalue weighted by Crippen LogP contribution is -2.34. The number of hydrogen-bond acceptors (Lipinski definition) is 4. The third kappa shape index (κ3) is 3.97. The van der Waals surface area contributed by atoms with Crippen molar-refractivity contribution < 1.29 is 4.79 Å². The van der Waals surface area contributed by atoms with E-state index in [0.29, 0.717) is 13.1 Å². The van der Waals surface area contributed by atoms with Crippen molar-refractivity contribution in [2.75, 3.05) is 13.1 Å². The van der Waals surface area contributed by atoms with Gasteiger partial charge in [0.05, 0.1) is 12.6 Å². The largest absolute Gasteiger partial charge is 0.355 e. The van der Waals surface area contributed by atoms with Crippen LogP contribution in [0.4, 0.5) is 0 Å². The molecule has 0 radical (unpaired) electrons. The molecule has 0 bridgehead atoms. The van der Waals surface area contributed by atoms with E-state index >= 15 is 0 Å². The fourth-order valence-electron chi connectivity index (χ4n) is 1.16. The summed E-state index contributed by atoms with van der Waals surface area (Å²) in [6, 6.07) is 0.131. The highest BCUT2D eigenvalue weighted by Gasteiger charge is 2.09. The van der Waals surface area contributed by atoms with Crippen LogP contribution in [0, 0.1) is 6.92 Å². The van der Waals surface area contributed by atoms with Crippen molar-refractivity contribution >= 4 is 17.2 Å². The Kier molecular flexibility index (Phi) is 4.71. The number of likely N-dealkylation sites (N-methyl/N-ethyl adjacent to an activating group) is 1. The predicted octanol–water partition coefficient (Wildman–Crippen LogP) is 1.24. The molecule has 0 aliphatic rings. The maximum absolute atomic E-state index is 11.2. The van der Waals surface area contributed by atoms with Gasteiger partial charge < -0.3 is 5.32 Å². The second-order valence-electron chi connectivity index (χ2n) is 3.38. The summed E-state index contributed by atoms with van der Waals surface area (Å²) in [5.74, 6) is 0.0256. The van der Waals surface area contributed by atoms with E-state index in [4.69, 9.17) is 0 Å². The molecule has 84 valence electrons. The summed E-state index contributed by atoms with van der Waals surface area (Å²) in [5, 5.41) is 8.91. The summed E-state index contributed by atoms with van der Waals surface area (Å²) < 4.78 is 0. The fraction of sp³-hybridized carbons (Fsp3) is 0.600. The van der Waals surface area contributed by atoms with Gasteiger partial charge in [-0.25, -0.2) is 4.98 Å². The van der Waals surface area contributed by atoms with Crippen LogP contribution >= 0.6 is 11.3 Å². The molecule has 0 saturated heterocycles. The zero-order valence-electron chi connectivity index (χ0n) is 9.33. The third-order valence-corrected chi connectivity index (χ3v) is 3.10. The number of carbonyl (C=O) groups is 1. The molecule has 2 N–H and O–H groups in total. The number of aryl methyl sites for hydroxylation is 1. The van der Waals surface area contributed by atoms with Gasteiger partial charge in [0, 0.05) is 17.6 Å². The number of nitrogens with one attached hydrogen (secondary N) is 2. The Balaban J connectivity index is 2.36. The van der Waals surface area contributed by atoms with Crippen molar-refractivity contribution in [2.45, 2.75) is 26.8 Å². The molecule has 0 aliphatic heterocycles. The van der Waals surface area contributed by atoms with Gasteiger partial charge >= 0.3 is 0 Å². The van der Waals surface area contributed by atoms with Crippen LogP contribution in [0.15, 0.2) is 5.38 Å². The molecule has 5 heteroatoms. The Hall–Kier alpha value is -0.940. The monoisotopic (exact) mass is 227 g/mol. The van der Waals surface area contributed by atoms with E-state index in [9.17, 15) is 4.79 Å². The maximum Gasteiger partial charge on any atom is 0.233 e. The molecule has 0 aromatic carbocycles. The molecule has 1 unspecified atom stereocenters. The van der Waals surface area contributed by atoms with Crippen LogP contribution in [0.1, 0.15) is 30.6 Å². The van der Waals surface area contributed by atoms with Gasteiger partial charge in [0.2, 0.25) is 5.91 Å². The van der Waals surface area contributed by atoms with Crippen molar-refractivity contribution in [3.8, 4) is 0 Å². The van der Waals surface area contributed by atoms with Crippen LogP contribution in [0.5, 0.6) is 0 Å². The average molecular weight is 227 g/mol. The molecule has 0 spiro atoms. The lowest BCUT2D eigenvalue weighted by atomic mass is 10.3. The van der Waals surface area contributed by atoms with Crippen LogP contribution in [-0.4, -0.2) is 24.0 Å². The standard InChI is InChI=1S/C10H17N3OS/c1-4-11-9(14)5-12-8(3)10-13-7(2)6-15-10/h6,8,12H,4-5H2,1-3H3,(H,11,14). The van der Waals surface area contributed by atoms with Crippen molar-refractivity contribution in [3.63, 3.8) is 0 Å². The van der Waals surface area contributed by atoms with Gasteiger partial charge in [-0.15, -0.1) is 11.3 Å². The Labute approximate surface area is 94.1 Å². The Morgan fingerprint density at radius 2 is 2.40 bits per heavy atom.